The highest BCUT2D eigenvalue weighted by atomic mass is 32.1. The number of aliphatic imine (C=N–C) groups is 1. The second-order valence-electron chi connectivity index (χ2n) is 5.53. The minimum atomic E-state index is -2.90. The summed E-state index contributed by atoms with van der Waals surface area (Å²) < 4.78 is 34.9. The molecule has 2 aromatic rings. The Hall–Kier alpha value is -2.42. The molecule has 1 aromatic carbocycles. The van der Waals surface area contributed by atoms with Gasteiger partial charge in [-0.25, -0.2) is 4.98 Å². The van der Waals surface area contributed by atoms with Crippen LogP contribution in [0.1, 0.15) is 22.4 Å². The quantitative estimate of drug-likeness (QED) is 0.501. The van der Waals surface area contributed by atoms with Crippen LogP contribution in [0.25, 0.3) is 0 Å². The Morgan fingerprint density at radius 1 is 1.33 bits per heavy atom. The molecule has 1 aromatic heterocycles. The zero-order valence-electron chi connectivity index (χ0n) is 15.6. The second-order valence-corrected chi connectivity index (χ2v) is 6.73. The van der Waals surface area contributed by atoms with Crippen LogP contribution in [-0.2, 0) is 19.4 Å². The highest BCUT2D eigenvalue weighted by Crippen LogP contribution is 2.26. The van der Waals surface area contributed by atoms with Gasteiger partial charge < -0.3 is 20.1 Å². The molecule has 2 N–H and O–H groups in total. The number of nitrogens with zero attached hydrogens (tertiary/aromatic N) is 2. The van der Waals surface area contributed by atoms with Gasteiger partial charge in [-0.3, -0.25) is 4.99 Å². The van der Waals surface area contributed by atoms with Crippen LogP contribution in [0.2, 0.25) is 0 Å². The van der Waals surface area contributed by atoms with Crippen molar-refractivity contribution in [2.75, 3.05) is 20.7 Å². The number of aromatic nitrogens is 1. The first-order chi connectivity index (χ1) is 13.0. The number of methoxy groups -OCH3 is 1. The molecule has 1 heterocycles. The number of aryl methyl sites for hydroxylation is 1. The zero-order chi connectivity index (χ0) is 19.6. The summed E-state index contributed by atoms with van der Waals surface area (Å²) in [4.78, 5) is 9.78. The van der Waals surface area contributed by atoms with Gasteiger partial charge >= 0.3 is 6.61 Å². The largest absolute Gasteiger partial charge is 0.497 e. The molecule has 0 atom stereocenters. The van der Waals surface area contributed by atoms with E-state index < -0.39 is 6.61 Å². The Labute approximate surface area is 161 Å². The first kappa shape index (κ1) is 20.9. The highest BCUT2D eigenvalue weighted by Gasteiger charge is 2.12. The molecular weight excluding hydrogens is 374 g/mol. The fraction of sp³-hybridized carbons (Fsp3) is 0.444. The average molecular weight is 398 g/mol. The van der Waals surface area contributed by atoms with Crippen molar-refractivity contribution in [3.8, 4) is 11.5 Å². The molecule has 0 saturated carbocycles. The number of hydrogen-bond donors (Lipinski definition) is 2. The molecule has 0 bridgehead atoms. The van der Waals surface area contributed by atoms with E-state index in [9.17, 15) is 8.78 Å². The molecule has 0 amide bonds. The van der Waals surface area contributed by atoms with Gasteiger partial charge in [0.25, 0.3) is 0 Å². The molecular formula is C18H24F2N4O2S. The summed E-state index contributed by atoms with van der Waals surface area (Å²) in [5.74, 6) is 1.09. The van der Waals surface area contributed by atoms with Gasteiger partial charge in [0.05, 0.1) is 12.1 Å². The number of thiazole rings is 1. The predicted molar refractivity (Wildman–Crippen MR) is 103 cm³/mol. The molecule has 0 saturated heterocycles. The van der Waals surface area contributed by atoms with E-state index in [1.54, 1.807) is 30.5 Å². The average Bonchev–Trinajstić information content (AvgIpc) is 3.12. The smallest absolute Gasteiger partial charge is 0.387 e. The van der Waals surface area contributed by atoms with Gasteiger partial charge in [-0.2, -0.15) is 8.78 Å². The second kappa shape index (κ2) is 10.7. The van der Waals surface area contributed by atoms with Crippen molar-refractivity contribution in [2.24, 2.45) is 4.99 Å². The number of rotatable bonds is 9. The minimum absolute atomic E-state index is 0.0715. The third-order valence-corrected chi connectivity index (χ3v) is 4.94. The molecule has 0 aliphatic carbocycles. The molecule has 0 aliphatic rings. The van der Waals surface area contributed by atoms with E-state index in [1.165, 1.54) is 18.1 Å². The summed E-state index contributed by atoms with van der Waals surface area (Å²) in [6, 6.07) is 4.81. The minimum Gasteiger partial charge on any atom is -0.497 e. The van der Waals surface area contributed by atoms with Crippen molar-refractivity contribution in [2.45, 2.75) is 32.9 Å². The fourth-order valence-electron chi connectivity index (χ4n) is 2.33. The summed E-state index contributed by atoms with van der Waals surface area (Å²) in [7, 11) is 3.12. The molecule has 27 heavy (non-hydrogen) atoms. The number of guanidine groups is 1. The lowest BCUT2D eigenvalue weighted by molar-refractivity contribution is -0.0505. The number of nitrogens with one attached hydrogen (secondary N) is 2. The lowest BCUT2D eigenvalue weighted by Crippen LogP contribution is -2.37. The molecule has 6 nitrogen and oxygen atoms in total. The van der Waals surface area contributed by atoms with E-state index in [-0.39, 0.29) is 12.3 Å². The highest BCUT2D eigenvalue weighted by molar-refractivity contribution is 7.11. The number of ether oxygens (including phenoxy) is 2. The Balaban J connectivity index is 1.89. The maximum Gasteiger partial charge on any atom is 0.387 e. The van der Waals surface area contributed by atoms with Gasteiger partial charge in [-0.05, 0) is 18.6 Å². The standard InChI is InChI=1S/C18H24F2N4O2S/c1-4-14-11-23-16(27-14)7-8-22-18(21-2)24-10-12-5-6-13(25-3)9-15(12)26-17(19)20/h5-6,9,11,17H,4,7-8,10H2,1-3H3,(H2,21,22,24). The van der Waals surface area contributed by atoms with E-state index in [4.69, 9.17) is 4.74 Å². The lowest BCUT2D eigenvalue weighted by Gasteiger charge is -2.15. The monoisotopic (exact) mass is 398 g/mol. The number of alkyl halides is 2. The number of hydrogen-bond acceptors (Lipinski definition) is 5. The summed E-state index contributed by atoms with van der Waals surface area (Å²) in [6.07, 6.45) is 3.67. The van der Waals surface area contributed by atoms with Crippen molar-refractivity contribution >= 4 is 17.3 Å². The molecule has 2 rings (SSSR count). The summed E-state index contributed by atoms with van der Waals surface area (Å²) in [5, 5.41) is 7.35. The van der Waals surface area contributed by atoms with Crippen molar-refractivity contribution in [3.63, 3.8) is 0 Å². The summed E-state index contributed by atoms with van der Waals surface area (Å²) >= 11 is 1.70. The maximum atomic E-state index is 12.6. The van der Waals surface area contributed by atoms with Crippen molar-refractivity contribution in [1.82, 2.24) is 15.6 Å². The van der Waals surface area contributed by atoms with Crippen LogP contribution in [0.15, 0.2) is 29.4 Å². The van der Waals surface area contributed by atoms with Crippen LogP contribution in [0.5, 0.6) is 11.5 Å². The number of benzene rings is 1. The van der Waals surface area contributed by atoms with E-state index in [0.29, 0.717) is 23.8 Å². The van der Waals surface area contributed by atoms with Crippen molar-refractivity contribution in [3.05, 3.63) is 39.8 Å². The first-order valence-corrected chi connectivity index (χ1v) is 9.37. The Morgan fingerprint density at radius 3 is 2.78 bits per heavy atom. The first-order valence-electron chi connectivity index (χ1n) is 8.55. The topological polar surface area (TPSA) is 67.8 Å². The van der Waals surface area contributed by atoms with Crippen LogP contribution >= 0.6 is 11.3 Å². The summed E-state index contributed by atoms with van der Waals surface area (Å²) in [5.41, 5.74) is 0.576. The SMILES string of the molecule is CCc1cnc(CCNC(=NC)NCc2ccc(OC)cc2OC(F)F)s1. The molecule has 0 unspecified atom stereocenters. The molecule has 0 fully saturated rings. The maximum absolute atomic E-state index is 12.6. The predicted octanol–water partition coefficient (Wildman–Crippen LogP) is 3.22. The van der Waals surface area contributed by atoms with Gasteiger partial charge in [0.15, 0.2) is 5.96 Å². The molecule has 0 radical (unpaired) electrons. The van der Waals surface area contributed by atoms with Gasteiger partial charge in [-0.1, -0.05) is 6.92 Å². The van der Waals surface area contributed by atoms with E-state index in [1.807, 2.05) is 6.20 Å². The number of halogens is 2. The van der Waals surface area contributed by atoms with E-state index in [2.05, 4.69) is 32.3 Å². The summed E-state index contributed by atoms with van der Waals surface area (Å²) in [6.45, 7) is 0.147. The van der Waals surface area contributed by atoms with E-state index in [0.717, 1.165) is 17.8 Å². The third-order valence-electron chi connectivity index (χ3n) is 3.74. The van der Waals surface area contributed by atoms with Gasteiger partial charge in [-0.15, -0.1) is 11.3 Å². The van der Waals surface area contributed by atoms with Gasteiger partial charge in [0.2, 0.25) is 0 Å². The van der Waals surface area contributed by atoms with Crippen LogP contribution in [0, 0.1) is 0 Å². The molecule has 0 spiro atoms. The Morgan fingerprint density at radius 2 is 2.15 bits per heavy atom. The molecule has 0 aliphatic heterocycles. The van der Waals surface area contributed by atoms with Gasteiger partial charge in [0.1, 0.15) is 11.5 Å². The van der Waals surface area contributed by atoms with Crippen molar-refractivity contribution in [1.29, 1.82) is 0 Å². The zero-order valence-corrected chi connectivity index (χ0v) is 16.4. The Kier molecular flexibility index (Phi) is 8.25. The van der Waals surface area contributed by atoms with Crippen LogP contribution in [-0.4, -0.2) is 38.3 Å². The van der Waals surface area contributed by atoms with Crippen LogP contribution in [0.4, 0.5) is 8.78 Å². The van der Waals surface area contributed by atoms with Gasteiger partial charge in [0, 0.05) is 49.3 Å². The third kappa shape index (κ3) is 6.67. The lowest BCUT2D eigenvalue weighted by atomic mass is 10.2. The Bertz CT molecular complexity index is 753. The molecule has 148 valence electrons. The van der Waals surface area contributed by atoms with Crippen LogP contribution < -0.4 is 20.1 Å². The van der Waals surface area contributed by atoms with Crippen LogP contribution in [0.3, 0.4) is 0 Å². The molecule has 9 heteroatoms. The fourth-order valence-corrected chi connectivity index (χ4v) is 3.19. The normalized spacial score (nSPS) is 11.6. The van der Waals surface area contributed by atoms with E-state index >= 15 is 0 Å². The van der Waals surface area contributed by atoms with Crippen molar-refractivity contribution < 1.29 is 18.3 Å².